The molecule has 0 aliphatic heterocycles. The number of benzene rings is 1. The first-order valence-corrected chi connectivity index (χ1v) is 8.75. The van der Waals surface area contributed by atoms with Crippen LogP contribution in [0.5, 0.6) is 0 Å². The van der Waals surface area contributed by atoms with Crippen molar-refractivity contribution in [3.8, 4) is 11.1 Å². The predicted molar refractivity (Wildman–Crippen MR) is 104 cm³/mol. The van der Waals surface area contributed by atoms with Gasteiger partial charge >= 0.3 is 0 Å². The molecule has 5 heteroatoms. The van der Waals surface area contributed by atoms with Gasteiger partial charge in [0.1, 0.15) is 5.82 Å². The molecule has 0 saturated carbocycles. The highest BCUT2D eigenvalue weighted by Crippen LogP contribution is 2.27. The average molecular weight is 349 g/mol. The van der Waals surface area contributed by atoms with Gasteiger partial charge in [0.15, 0.2) is 0 Å². The van der Waals surface area contributed by atoms with Crippen LogP contribution in [0, 0.1) is 5.92 Å². The molecule has 2 aromatic heterocycles. The molecule has 26 heavy (non-hydrogen) atoms. The molecule has 0 radical (unpaired) electrons. The fourth-order valence-corrected chi connectivity index (χ4v) is 2.93. The van der Waals surface area contributed by atoms with Crippen molar-refractivity contribution in [2.24, 2.45) is 5.92 Å². The Balaban J connectivity index is 1.91. The standard InChI is InChI=1S/C21H23N3O2/c1-13(2)10-20(26)19-7-5-17-11-15(4-6-18(17)24-19)16-8-9-22-21(12-16)23-14(3)25/h4-9,11-13,20,26H,10H2,1-3H3,(H,22,23,25). The Bertz CT molecular complexity index is 937. The van der Waals surface area contributed by atoms with Crippen LogP contribution in [0.15, 0.2) is 48.7 Å². The minimum atomic E-state index is -0.542. The molecule has 1 atom stereocenters. The minimum Gasteiger partial charge on any atom is -0.387 e. The summed E-state index contributed by atoms with van der Waals surface area (Å²) in [5.74, 6) is 0.791. The Morgan fingerprint density at radius 3 is 2.62 bits per heavy atom. The molecule has 1 unspecified atom stereocenters. The minimum absolute atomic E-state index is 0.148. The van der Waals surface area contributed by atoms with E-state index < -0.39 is 6.10 Å². The summed E-state index contributed by atoms with van der Waals surface area (Å²) in [4.78, 5) is 20.0. The second-order valence-corrected chi connectivity index (χ2v) is 6.90. The Labute approximate surface area is 153 Å². The molecule has 1 aromatic carbocycles. The van der Waals surface area contributed by atoms with Crippen molar-refractivity contribution in [1.82, 2.24) is 9.97 Å². The molecule has 3 aromatic rings. The van der Waals surface area contributed by atoms with E-state index in [1.54, 1.807) is 6.20 Å². The number of amides is 1. The number of rotatable bonds is 5. The van der Waals surface area contributed by atoms with Gasteiger partial charge in [-0.25, -0.2) is 4.98 Å². The zero-order valence-electron chi connectivity index (χ0n) is 15.2. The molecule has 5 nitrogen and oxygen atoms in total. The van der Waals surface area contributed by atoms with Crippen LogP contribution < -0.4 is 5.32 Å². The van der Waals surface area contributed by atoms with E-state index in [4.69, 9.17) is 0 Å². The van der Waals surface area contributed by atoms with Crippen LogP contribution in [-0.4, -0.2) is 21.0 Å². The molecule has 0 aliphatic carbocycles. The zero-order chi connectivity index (χ0) is 18.7. The fourth-order valence-electron chi connectivity index (χ4n) is 2.93. The molecule has 0 bridgehead atoms. The van der Waals surface area contributed by atoms with Crippen molar-refractivity contribution < 1.29 is 9.90 Å². The number of aliphatic hydroxyl groups is 1. The lowest BCUT2D eigenvalue weighted by Gasteiger charge is -2.13. The lowest BCUT2D eigenvalue weighted by molar-refractivity contribution is -0.114. The molecular formula is C21H23N3O2. The molecule has 2 N–H and O–H groups in total. The van der Waals surface area contributed by atoms with Crippen molar-refractivity contribution in [2.75, 3.05) is 5.32 Å². The molecule has 0 saturated heterocycles. The number of carbonyl (C=O) groups excluding carboxylic acids is 1. The highest BCUT2D eigenvalue weighted by atomic mass is 16.3. The molecule has 2 heterocycles. The summed E-state index contributed by atoms with van der Waals surface area (Å²) in [6.45, 7) is 5.63. The summed E-state index contributed by atoms with van der Waals surface area (Å²) >= 11 is 0. The SMILES string of the molecule is CC(=O)Nc1cc(-c2ccc3nc(C(O)CC(C)C)ccc3c2)ccn1. The summed E-state index contributed by atoms with van der Waals surface area (Å²) in [6, 6.07) is 13.6. The normalized spacial score (nSPS) is 12.3. The summed E-state index contributed by atoms with van der Waals surface area (Å²) in [5, 5.41) is 14.0. The van der Waals surface area contributed by atoms with Gasteiger partial charge in [-0.3, -0.25) is 9.78 Å². The zero-order valence-corrected chi connectivity index (χ0v) is 15.2. The van der Waals surface area contributed by atoms with Crippen LogP contribution >= 0.6 is 0 Å². The van der Waals surface area contributed by atoms with Crippen LogP contribution in [-0.2, 0) is 4.79 Å². The van der Waals surface area contributed by atoms with Crippen LogP contribution in [0.25, 0.3) is 22.0 Å². The molecule has 0 aliphatic rings. The number of anilines is 1. The molecular weight excluding hydrogens is 326 g/mol. The number of fused-ring (bicyclic) bond motifs is 1. The summed E-state index contributed by atoms with van der Waals surface area (Å²) in [6.07, 6.45) is 1.83. The Morgan fingerprint density at radius 2 is 1.88 bits per heavy atom. The van der Waals surface area contributed by atoms with E-state index in [0.29, 0.717) is 23.9 Å². The predicted octanol–water partition coefficient (Wildman–Crippen LogP) is 4.33. The quantitative estimate of drug-likeness (QED) is 0.719. The van der Waals surface area contributed by atoms with E-state index >= 15 is 0 Å². The van der Waals surface area contributed by atoms with E-state index in [9.17, 15) is 9.90 Å². The van der Waals surface area contributed by atoms with Crippen molar-refractivity contribution >= 4 is 22.6 Å². The molecule has 134 valence electrons. The molecule has 0 spiro atoms. The Kier molecular flexibility index (Phi) is 5.28. The first-order valence-electron chi connectivity index (χ1n) is 8.75. The van der Waals surface area contributed by atoms with E-state index in [0.717, 1.165) is 22.0 Å². The monoisotopic (exact) mass is 349 g/mol. The van der Waals surface area contributed by atoms with Gasteiger partial charge in [0, 0.05) is 18.5 Å². The number of carbonyl (C=O) groups is 1. The summed E-state index contributed by atoms with van der Waals surface area (Å²) in [5.41, 5.74) is 3.54. The van der Waals surface area contributed by atoms with E-state index in [2.05, 4.69) is 29.1 Å². The lowest BCUT2D eigenvalue weighted by atomic mass is 10.0. The molecule has 3 rings (SSSR count). The highest BCUT2D eigenvalue weighted by Gasteiger charge is 2.12. The summed E-state index contributed by atoms with van der Waals surface area (Å²) in [7, 11) is 0. The number of hydrogen-bond donors (Lipinski definition) is 2. The van der Waals surface area contributed by atoms with Crippen molar-refractivity contribution in [1.29, 1.82) is 0 Å². The average Bonchev–Trinajstić information content (AvgIpc) is 2.60. The van der Waals surface area contributed by atoms with Gasteiger partial charge in [0.05, 0.1) is 17.3 Å². The largest absolute Gasteiger partial charge is 0.387 e. The first kappa shape index (κ1) is 18.0. The Morgan fingerprint density at radius 1 is 1.12 bits per heavy atom. The van der Waals surface area contributed by atoms with Gasteiger partial charge in [0.25, 0.3) is 0 Å². The number of nitrogens with one attached hydrogen (secondary N) is 1. The van der Waals surface area contributed by atoms with E-state index in [-0.39, 0.29) is 5.91 Å². The number of aliphatic hydroxyl groups excluding tert-OH is 1. The third kappa shape index (κ3) is 4.24. The molecule has 1 amide bonds. The van der Waals surface area contributed by atoms with Gasteiger partial charge in [-0.2, -0.15) is 0 Å². The van der Waals surface area contributed by atoms with E-state index in [1.807, 2.05) is 42.5 Å². The first-order chi connectivity index (χ1) is 12.4. The van der Waals surface area contributed by atoms with Crippen LogP contribution in [0.3, 0.4) is 0 Å². The van der Waals surface area contributed by atoms with Crippen molar-refractivity contribution in [2.45, 2.75) is 33.3 Å². The maximum atomic E-state index is 11.2. The van der Waals surface area contributed by atoms with Crippen LogP contribution in [0.1, 0.15) is 39.0 Å². The van der Waals surface area contributed by atoms with Gasteiger partial charge in [-0.1, -0.05) is 26.0 Å². The fraction of sp³-hybridized carbons (Fsp3) is 0.286. The topological polar surface area (TPSA) is 75.1 Å². The number of aromatic nitrogens is 2. The maximum Gasteiger partial charge on any atom is 0.222 e. The van der Waals surface area contributed by atoms with Crippen molar-refractivity contribution in [3.63, 3.8) is 0 Å². The number of nitrogens with zero attached hydrogens (tertiary/aromatic N) is 2. The highest BCUT2D eigenvalue weighted by molar-refractivity contribution is 5.89. The van der Waals surface area contributed by atoms with Crippen LogP contribution in [0.4, 0.5) is 5.82 Å². The third-order valence-electron chi connectivity index (χ3n) is 4.14. The number of pyridine rings is 2. The third-order valence-corrected chi connectivity index (χ3v) is 4.14. The smallest absolute Gasteiger partial charge is 0.222 e. The van der Waals surface area contributed by atoms with Gasteiger partial charge in [0.2, 0.25) is 5.91 Å². The number of hydrogen-bond acceptors (Lipinski definition) is 4. The van der Waals surface area contributed by atoms with Crippen LogP contribution in [0.2, 0.25) is 0 Å². The Hall–Kier alpha value is -2.79. The second kappa shape index (κ2) is 7.62. The maximum absolute atomic E-state index is 11.2. The van der Waals surface area contributed by atoms with Gasteiger partial charge in [-0.15, -0.1) is 0 Å². The summed E-state index contributed by atoms with van der Waals surface area (Å²) < 4.78 is 0. The van der Waals surface area contributed by atoms with Gasteiger partial charge < -0.3 is 10.4 Å². The lowest BCUT2D eigenvalue weighted by Crippen LogP contribution is -2.07. The molecule has 0 fully saturated rings. The van der Waals surface area contributed by atoms with Gasteiger partial charge in [-0.05, 0) is 53.8 Å². The van der Waals surface area contributed by atoms with Crippen molar-refractivity contribution in [3.05, 3.63) is 54.4 Å². The van der Waals surface area contributed by atoms with E-state index in [1.165, 1.54) is 6.92 Å². The second-order valence-electron chi connectivity index (χ2n) is 6.90.